The van der Waals surface area contributed by atoms with Gasteiger partial charge < -0.3 is 5.32 Å². The lowest BCUT2D eigenvalue weighted by molar-refractivity contribution is 1.08. The van der Waals surface area contributed by atoms with Crippen LogP contribution in [0.4, 0.5) is 5.69 Å². The maximum atomic E-state index is 5.87. The molecule has 0 atom stereocenters. The van der Waals surface area contributed by atoms with Crippen LogP contribution >= 0.6 is 27.5 Å². The van der Waals surface area contributed by atoms with E-state index in [0.29, 0.717) is 5.15 Å². The molecule has 0 saturated heterocycles. The molecule has 1 aliphatic rings. The first-order valence-corrected chi connectivity index (χ1v) is 7.53. The van der Waals surface area contributed by atoms with E-state index in [-0.39, 0.29) is 0 Å². The lowest BCUT2D eigenvalue weighted by Gasteiger charge is -2.08. The van der Waals surface area contributed by atoms with Crippen molar-refractivity contribution in [3.8, 4) is 0 Å². The van der Waals surface area contributed by atoms with E-state index in [1.165, 1.54) is 24.0 Å². The first kappa shape index (κ1) is 12.9. The number of pyridine rings is 1. The molecule has 19 heavy (non-hydrogen) atoms. The molecule has 0 bridgehead atoms. The van der Waals surface area contributed by atoms with Crippen LogP contribution in [0.2, 0.25) is 5.15 Å². The Morgan fingerprint density at radius 2 is 2.16 bits per heavy atom. The van der Waals surface area contributed by atoms with Crippen molar-refractivity contribution in [3.05, 3.63) is 57.3 Å². The van der Waals surface area contributed by atoms with E-state index < -0.39 is 0 Å². The monoisotopic (exact) mass is 336 g/mol. The van der Waals surface area contributed by atoms with Crippen LogP contribution in [0, 0.1) is 0 Å². The molecule has 1 N–H and O–H groups in total. The summed E-state index contributed by atoms with van der Waals surface area (Å²) in [6, 6.07) is 10.8. The third-order valence-electron chi connectivity index (χ3n) is 3.29. The Bertz CT molecular complexity index is 596. The highest BCUT2D eigenvalue weighted by atomic mass is 79.9. The molecule has 2 nitrogen and oxygen atoms in total. The van der Waals surface area contributed by atoms with Gasteiger partial charge in [0, 0.05) is 6.54 Å². The topological polar surface area (TPSA) is 24.9 Å². The highest BCUT2D eigenvalue weighted by Crippen LogP contribution is 2.40. The third-order valence-corrected chi connectivity index (χ3v) is 4.43. The van der Waals surface area contributed by atoms with Crippen LogP contribution in [-0.2, 0) is 6.54 Å². The molecular weight excluding hydrogens is 324 g/mol. The zero-order valence-electron chi connectivity index (χ0n) is 10.4. The molecule has 1 heterocycles. The number of hydrogen-bond donors (Lipinski definition) is 1. The van der Waals surface area contributed by atoms with Crippen molar-refractivity contribution in [3.63, 3.8) is 0 Å². The Morgan fingerprint density at radius 1 is 1.32 bits per heavy atom. The Balaban J connectivity index is 1.68. The first-order chi connectivity index (χ1) is 9.22. The second kappa shape index (κ2) is 5.51. The number of hydrogen-bond acceptors (Lipinski definition) is 2. The molecule has 0 spiro atoms. The minimum atomic E-state index is 0.487. The fourth-order valence-corrected chi connectivity index (χ4v) is 2.55. The maximum absolute atomic E-state index is 5.87. The van der Waals surface area contributed by atoms with E-state index in [4.69, 9.17) is 11.6 Å². The van der Waals surface area contributed by atoms with Gasteiger partial charge in [0.2, 0.25) is 0 Å². The maximum Gasteiger partial charge on any atom is 0.143 e. The Labute approximate surface area is 126 Å². The summed E-state index contributed by atoms with van der Waals surface area (Å²) >= 11 is 9.25. The van der Waals surface area contributed by atoms with Gasteiger partial charge in [-0.15, -0.1) is 0 Å². The molecule has 0 amide bonds. The number of nitrogens with zero attached hydrogens (tertiary/aromatic N) is 1. The fourth-order valence-electron chi connectivity index (χ4n) is 2.10. The molecule has 0 aliphatic heterocycles. The molecular formula is C15H14BrClN2. The van der Waals surface area contributed by atoms with E-state index >= 15 is 0 Å². The standard InChI is InChI=1S/C15H14BrClN2/c16-14-7-13(9-19-15(14)17)18-8-10-2-1-3-12(6-10)11-4-5-11/h1-3,6-7,9,11,18H,4-5,8H2. The van der Waals surface area contributed by atoms with Crippen LogP contribution in [0.3, 0.4) is 0 Å². The van der Waals surface area contributed by atoms with E-state index in [2.05, 4.69) is 50.5 Å². The molecule has 1 aromatic carbocycles. The predicted molar refractivity (Wildman–Crippen MR) is 82.7 cm³/mol. The van der Waals surface area contributed by atoms with Crippen LogP contribution in [0.25, 0.3) is 0 Å². The summed E-state index contributed by atoms with van der Waals surface area (Å²) in [5, 5.41) is 3.85. The van der Waals surface area contributed by atoms with Crippen LogP contribution < -0.4 is 5.32 Å². The summed E-state index contributed by atoms with van der Waals surface area (Å²) < 4.78 is 0.811. The molecule has 2 aromatic rings. The predicted octanol–water partition coefficient (Wildman–Crippen LogP) is 4.99. The van der Waals surface area contributed by atoms with Crippen molar-refractivity contribution in [2.24, 2.45) is 0 Å². The Kier molecular flexibility index (Phi) is 3.76. The van der Waals surface area contributed by atoms with Gasteiger partial charge in [0.15, 0.2) is 0 Å². The van der Waals surface area contributed by atoms with Gasteiger partial charge in [-0.25, -0.2) is 4.98 Å². The minimum absolute atomic E-state index is 0.487. The van der Waals surface area contributed by atoms with E-state index in [0.717, 1.165) is 22.6 Å². The van der Waals surface area contributed by atoms with Gasteiger partial charge in [-0.2, -0.15) is 0 Å². The minimum Gasteiger partial charge on any atom is -0.380 e. The van der Waals surface area contributed by atoms with Gasteiger partial charge in [-0.05, 0) is 51.9 Å². The van der Waals surface area contributed by atoms with E-state index in [9.17, 15) is 0 Å². The van der Waals surface area contributed by atoms with Crippen molar-refractivity contribution in [2.45, 2.75) is 25.3 Å². The fraction of sp³-hybridized carbons (Fsp3) is 0.267. The molecule has 1 saturated carbocycles. The van der Waals surface area contributed by atoms with E-state index in [1.807, 2.05) is 6.07 Å². The Hall–Kier alpha value is -1.06. The largest absolute Gasteiger partial charge is 0.380 e. The number of anilines is 1. The summed E-state index contributed by atoms with van der Waals surface area (Å²) in [6.07, 6.45) is 4.42. The smallest absolute Gasteiger partial charge is 0.143 e. The number of aromatic nitrogens is 1. The summed E-state index contributed by atoms with van der Waals surface area (Å²) in [5.74, 6) is 0.797. The van der Waals surface area contributed by atoms with Crippen molar-refractivity contribution in [2.75, 3.05) is 5.32 Å². The molecule has 1 fully saturated rings. The van der Waals surface area contributed by atoms with Crippen molar-refractivity contribution < 1.29 is 0 Å². The summed E-state index contributed by atoms with van der Waals surface area (Å²) in [6.45, 7) is 0.802. The number of benzene rings is 1. The van der Waals surface area contributed by atoms with Gasteiger partial charge in [0.25, 0.3) is 0 Å². The highest BCUT2D eigenvalue weighted by molar-refractivity contribution is 9.10. The normalized spacial score (nSPS) is 14.4. The van der Waals surface area contributed by atoms with Crippen molar-refractivity contribution >= 4 is 33.2 Å². The van der Waals surface area contributed by atoms with Gasteiger partial charge >= 0.3 is 0 Å². The zero-order chi connectivity index (χ0) is 13.2. The summed E-state index contributed by atoms with van der Waals surface area (Å²) in [5.41, 5.74) is 3.73. The summed E-state index contributed by atoms with van der Waals surface area (Å²) in [4.78, 5) is 4.10. The number of halogens is 2. The second-order valence-electron chi connectivity index (χ2n) is 4.87. The first-order valence-electron chi connectivity index (χ1n) is 6.36. The highest BCUT2D eigenvalue weighted by Gasteiger charge is 2.23. The lowest BCUT2D eigenvalue weighted by atomic mass is 10.1. The molecule has 0 radical (unpaired) electrons. The number of rotatable bonds is 4. The van der Waals surface area contributed by atoms with Crippen molar-refractivity contribution in [1.82, 2.24) is 4.98 Å². The number of nitrogens with one attached hydrogen (secondary N) is 1. The summed E-state index contributed by atoms with van der Waals surface area (Å²) in [7, 11) is 0. The van der Waals surface area contributed by atoms with Gasteiger partial charge in [0.05, 0.1) is 16.4 Å². The van der Waals surface area contributed by atoms with Crippen molar-refractivity contribution in [1.29, 1.82) is 0 Å². The molecule has 3 rings (SSSR count). The zero-order valence-corrected chi connectivity index (χ0v) is 12.7. The third kappa shape index (κ3) is 3.28. The SMILES string of the molecule is Clc1ncc(NCc2cccc(C3CC3)c2)cc1Br. The van der Waals surface area contributed by atoms with Crippen LogP contribution in [-0.4, -0.2) is 4.98 Å². The van der Waals surface area contributed by atoms with Crippen LogP contribution in [0.5, 0.6) is 0 Å². The van der Waals surface area contributed by atoms with Gasteiger partial charge in [0.1, 0.15) is 5.15 Å². The van der Waals surface area contributed by atoms with E-state index in [1.54, 1.807) is 6.20 Å². The second-order valence-corrected chi connectivity index (χ2v) is 6.08. The molecule has 98 valence electrons. The molecule has 1 aliphatic carbocycles. The average molecular weight is 338 g/mol. The molecule has 1 aromatic heterocycles. The van der Waals surface area contributed by atoms with Crippen LogP contribution in [0.1, 0.15) is 29.9 Å². The van der Waals surface area contributed by atoms with Gasteiger partial charge in [-0.3, -0.25) is 0 Å². The average Bonchev–Trinajstić information content (AvgIpc) is 3.25. The Morgan fingerprint density at radius 3 is 2.89 bits per heavy atom. The molecule has 0 unspecified atom stereocenters. The quantitative estimate of drug-likeness (QED) is 0.795. The van der Waals surface area contributed by atoms with Crippen LogP contribution in [0.15, 0.2) is 41.0 Å². The molecule has 4 heteroatoms. The lowest BCUT2D eigenvalue weighted by Crippen LogP contribution is -2.00. The van der Waals surface area contributed by atoms with Gasteiger partial charge in [-0.1, -0.05) is 35.9 Å².